The van der Waals surface area contributed by atoms with Crippen LogP contribution in [0.4, 0.5) is 4.39 Å². The average molecular weight is 291 g/mol. The van der Waals surface area contributed by atoms with Crippen LogP contribution in [0, 0.1) is 5.82 Å². The first kappa shape index (κ1) is 15.1. The number of hydrogen-bond acceptors (Lipinski definition) is 4. The molecular formula is C15H18FN3O2. The molecule has 2 rings (SSSR count). The van der Waals surface area contributed by atoms with Crippen LogP contribution in [0.3, 0.4) is 0 Å². The van der Waals surface area contributed by atoms with Crippen molar-refractivity contribution in [2.45, 2.75) is 25.9 Å². The average Bonchev–Trinajstić information content (AvgIpc) is 2.96. The summed E-state index contributed by atoms with van der Waals surface area (Å²) in [5, 5.41) is 14.8. The molecule has 0 amide bonds. The summed E-state index contributed by atoms with van der Waals surface area (Å²) in [6.45, 7) is 2.50. The highest BCUT2D eigenvalue weighted by Crippen LogP contribution is 2.10. The van der Waals surface area contributed by atoms with Crippen LogP contribution in [0.15, 0.2) is 46.2 Å². The van der Waals surface area contributed by atoms with Crippen LogP contribution < -0.4 is 11.1 Å². The molecule has 0 fully saturated rings. The summed E-state index contributed by atoms with van der Waals surface area (Å²) in [4.78, 5) is 0. The molecule has 0 saturated carbocycles. The van der Waals surface area contributed by atoms with Gasteiger partial charge in [-0.15, -0.1) is 0 Å². The predicted octanol–water partition coefficient (Wildman–Crippen LogP) is 2.23. The molecule has 0 spiro atoms. The van der Waals surface area contributed by atoms with E-state index in [0.717, 1.165) is 17.7 Å². The number of nitrogens with one attached hydrogen (secondary N) is 1. The van der Waals surface area contributed by atoms with Gasteiger partial charge in [-0.05, 0) is 42.8 Å². The summed E-state index contributed by atoms with van der Waals surface area (Å²) in [6, 6.07) is 8.26. The van der Waals surface area contributed by atoms with Crippen LogP contribution in [0.1, 0.15) is 23.8 Å². The molecule has 5 nitrogen and oxygen atoms in total. The SMILES string of the molecule is CC(Cc1ccco1)NCc1cc(F)cc(/C(N)=N/O)c1. The molecule has 1 heterocycles. The molecule has 1 aromatic carbocycles. The van der Waals surface area contributed by atoms with Crippen molar-refractivity contribution in [3.8, 4) is 0 Å². The normalized spacial score (nSPS) is 13.3. The van der Waals surface area contributed by atoms with E-state index in [1.54, 1.807) is 12.3 Å². The Kier molecular flexibility index (Phi) is 4.94. The van der Waals surface area contributed by atoms with Crippen LogP contribution in [0.2, 0.25) is 0 Å². The van der Waals surface area contributed by atoms with E-state index in [1.165, 1.54) is 12.1 Å². The lowest BCUT2D eigenvalue weighted by molar-refractivity contribution is 0.318. The molecule has 2 aromatic rings. The van der Waals surface area contributed by atoms with Gasteiger partial charge in [-0.2, -0.15) is 0 Å². The number of halogens is 1. The van der Waals surface area contributed by atoms with E-state index in [2.05, 4.69) is 10.5 Å². The van der Waals surface area contributed by atoms with Crippen molar-refractivity contribution in [1.82, 2.24) is 5.32 Å². The molecule has 0 aliphatic carbocycles. The zero-order valence-corrected chi connectivity index (χ0v) is 11.7. The third kappa shape index (κ3) is 4.32. The largest absolute Gasteiger partial charge is 0.469 e. The highest BCUT2D eigenvalue weighted by Gasteiger charge is 2.08. The predicted molar refractivity (Wildman–Crippen MR) is 77.6 cm³/mol. The summed E-state index contributed by atoms with van der Waals surface area (Å²) in [6.07, 6.45) is 2.38. The monoisotopic (exact) mass is 291 g/mol. The molecule has 1 unspecified atom stereocenters. The van der Waals surface area contributed by atoms with Crippen molar-refractivity contribution in [3.63, 3.8) is 0 Å². The van der Waals surface area contributed by atoms with E-state index >= 15 is 0 Å². The van der Waals surface area contributed by atoms with Crippen molar-refractivity contribution in [1.29, 1.82) is 0 Å². The summed E-state index contributed by atoms with van der Waals surface area (Å²) >= 11 is 0. The molecule has 0 aliphatic heterocycles. The highest BCUT2D eigenvalue weighted by molar-refractivity contribution is 5.97. The van der Waals surface area contributed by atoms with E-state index in [0.29, 0.717) is 12.1 Å². The van der Waals surface area contributed by atoms with Gasteiger partial charge in [-0.3, -0.25) is 0 Å². The fraction of sp³-hybridized carbons (Fsp3) is 0.267. The van der Waals surface area contributed by atoms with E-state index in [1.807, 2.05) is 19.1 Å². The van der Waals surface area contributed by atoms with Crippen LogP contribution in [-0.4, -0.2) is 17.1 Å². The maximum absolute atomic E-state index is 13.5. The van der Waals surface area contributed by atoms with Gasteiger partial charge in [0.25, 0.3) is 0 Å². The van der Waals surface area contributed by atoms with Crippen molar-refractivity contribution >= 4 is 5.84 Å². The van der Waals surface area contributed by atoms with E-state index in [9.17, 15) is 4.39 Å². The Bertz CT molecular complexity index is 611. The fourth-order valence-corrected chi connectivity index (χ4v) is 2.05. The lowest BCUT2D eigenvalue weighted by Gasteiger charge is -2.13. The van der Waals surface area contributed by atoms with Gasteiger partial charge in [-0.1, -0.05) is 5.16 Å². The molecule has 21 heavy (non-hydrogen) atoms. The second kappa shape index (κ2) is 6.90. The molecule has 0 saturated heterocycles. The highest BCUT2D eigenvalue weighted by atomic mass is 19.1. The zero-order chi connectivity index (χ0) is 15.2. The van der Waals surface area contributed by atoms with Crippen LogP contribution >= 0.6 is 0 Å². The summed E-state index contributed by atoms with van der Waals surface area (Å²) in [7, 11) is 0. The first-order valence-corrected chi connectivity index (χ1v) is 6.61. The van der Waals surface area contributed by atoms with Crippen molar-refractivity contribution in [2.75, 3.05) is 0 Å². The van der Waals surface area contributed by atoms with Crippen LogP contribution in [0.25, 0.3) is 0 Å². The number of amidine groups is 1. The lowest BCUT2D eigenvalue weighted by Crippen LogP contribution is -2.27. The maximum Gasteiger partial charge on any atom is 0.170 e. The summed E-state index contributed by atoms with van der Waals surface area (Å²) in [5.74, 6) is 0.362. The molecule has 1 atom stereocenters. The minimum Gasteiger partial charge on any atom is -0.469 e. The quantitative estimate of drug-likeness (QED) is 0.330. The van der Waals surface area contributed by atoms with Gasteiger partial charge in [0.2, 0.25) is 0 Å². The molecule has 0 aliphatic rings. The standard InChI is InChI=1S/C15H18FN3O2/c1-10(5-14-3-2-4-21-14)18-9-11-6-12(15(17)19-20)8-13(16)7-11/h2-4,6-8,10,18,20H,5,9H2,1H3,(H2,17,19). The smallest absolute Gasteiger partial charge is 0.170 e. The first-order valence-electron chi connectivity index (χ1n) is 6.61. The van der Waals surface area contributed by atoms with Gasteiger partial charge in [0.1, 0.15) is 11.6 Å². The molecule has 1 aromatic heterocycles. The first-order chi connectivity index (χ1) is 10.1. The Morgan fingerprint density at radius 1 is 1.48 bits per heavy atom. The topological polar surface area (TPSA) is 83.8 Å². The second-order valence-corrected chi connectivity index (χ2v) is 4.90. The molecule has 0 radical (unpaired) electrons. The van der Waals surface area contributed by atoms with Gasteiger partial charge in [0, 0.05) is 24.6 Å². The molecular weight excluding hydrogens is 273 g/mol. The molecule has 6 heteroatoms. The number of nitrogens with two attached hydrogens (primary N) is 1. The molecule has 0 bridgehead atoms. The number of oxime groups is 1. The second-order valence-electron chi connectivity index (χ2n) is 4.90. The van der Waals surface area contributed by atoms with E-state index < -0.39 is 5.82 Å². The van der Waals surface area contributed by atoms with Crippen molar-refractivity contribution < 1.29 is 14.0 Å². The Morgan fingerprint density at radius 3 is 2.95 bits per heavy atom. The van der Waals surface area contributed by atoms with Gasteiger partial charge in [0.05, 0.1) is 6.26 Å². The van der Waals surface area contributed by atoms with Gasteiger partial charge in [0.15, 0.2) is 5.84 Å². The summed E-state index contributed by atoms with van der Waals surface area (Å²) in [5.41, 5.74) is 6.56. The molecule has 4 N–H and O–H groups in total. The fourth-order valence-electron chi connectivity index (χ4n) is 2.05. The minimum absolute atomic E-state index is 0.112. The van der Waals surface area contributed by atoms with E-state index in [4.69, 9.17) is 15.4 Å². The number of hydrogen-bond donors (Lipinski definition) is 3. The van der Waals surface area contributed by atoms with Crippen molar-refractivity contribution in [2.24, 2.45) is 10.9 Å². The Balaban J connectivity index is 1.98. The van der Waals surface area contributed by atoms with E-state index in [-0.39, 0.29) is 11.9 Å². The van der Waals surface area contributed by atoms with Crippen molar-refractivity contribution in [3.05, 3.63) is 59.3 Å². The minimum atomic E-state index is -0.422. The Hall–Kier alpha value is -2.34. The third-order valence-electron chi connectivity index (χ3n) is 3.10. The number of benzene rings is 1. The number of rotatable bonds is 6. The Labute approximate surface area is 122 Å². The molecule has 112 valence electrons. The number of furan rings is 1. The third-order valence-corrected chi connectivity index (χ3v) is 3.10. The lowest BCUT2D eigenvalue weighted by atomic mass is 10.1. The number of nitrogens with zero attached hydrogens (tertiary/aromatic N) is 1. The van der Waals surface area contributed by atoms with Gasteiger partial charge < -0.3 is 20.7 Å². The maximum atomic E-state index is 13.5. The van der Waals surface area contributed by atoms with Crippen LogP contribution in [-0.2, 0) is 13.0 Å². The zero-order valence-electron chi connectivity index (χ0n) is 11.7. The Morgan fingerprint density at radius 2 is 2.29 bits per heavy atom. The summed E-state index contributed by atoms with van der Waals surface area (Å²) < 4.78 is 18.8. The van der Waals surface area contributed by atoms with Crippen LogP contribution in [0.5, 0.6) is 0 Å². The van der Waals surface area contributed by atoms with Gasteiger partial charge >= 0.3 is 0 Å². The van der Waals surface area contributed by atoms with Gasteiger partial charge in [-0.25, -0.2) is 4.39 Å².